The molecule has 1 aromatic heterocycles. The van der Waals surface area contributed by atoms with Crippen LogP contribution in [0.3, 0.4) is 0 Å². The predicted molar refractivity (Wildman–Crippen MR) is 107 cm³/mol. The Bertz CT molecular complexity index is 844. The quantitative estimate of drug-likeness (QED) is 0.449. The number of likely N-dealkylation sites (N-methyl/N-ethyl adjacent to an activating group) is 1. The van der Waals surface area contributed by atoms with Gasteiger partial charge in [0.2, 0.25) is 11.8 Å². The predicted octanol–water partition coefficient (Wildman–Crippen LogP) is 1.80. The van der Waals surface area contributed by atoms with E-state index in [9.17, 15) is 14.4 Å². The second-order valence-corrected chi connectivity index (χ2v) is 7.15. The van der Waals surface area contributed by atoms with Crippen molar-refractivity contribution < 1.29 is 19.5 Å². The van der Waals surface area contributed by atoms with E-state index in [2.05, 4.69) is 34.8 Å². The van der Waals surface area contributed by atoms with Crippen molar-refractivity contribution in [2.24, 2.45) is 5.92 Å². The smallest absolute Gasteiger partial charge is 0.404 e. The van der Waals surface area contributed by atoms with Gasteiger partial charge in [-0.2, -0.15) is 0 Å². The molecule has 0 aliphatic heterocycles. The molecule has 5 N–H and O–H groups in total. The Morgan fingerprint density at radius 1 is 1.14 bits per heavy atom. The number of aromatic amines is 1. The van der Waals surface area contributed by atoms with Crippen LogP contribution in [-0.2, 0) is 22.4 Å². The lowest BCUT2D eigenvalue weighted by Crippen LogP contribution is -2.47. The molecule has 1 aromatic carbocycles. The Balaban J connectivity index is 2.23. The number of fused-ring (bicyclic) bond motifs is 1. The average molecular weight is 388 g/mol. The Morgan fingerprint density at radius 2 is 1.86 bits per heavy atom. The number of rotatable bonds is 9. The van der Waals surface area contributed by atoms with Crippen molar-refractivity contribution in [2.75, 3.05) is 13.6 Å². The third kappa shape index (κ3) is 5.73. The van der Waals surface area contributed by atoms with Gasteiger partial charge in [-0.25, -0.2) is 4.79 Å². The fourth-order valence-electron chi connectivity index (χ4n) is 3.21. The number of amides is 3. The molecule has 1 atom stereocenters. The Morgan fingerprint density at radius 3 is 2.50 bits per heavy atom. The van der Waals surface area contributed by atoms with Gasteiger partial charge >= 0.3 is 6.09 Å². The molecule has 0 aliphatic carbocycles. The van der Waals surface area contributed by atoms with E-state index < -0.39 is 12.1 Å². The van der Waals surface area contributed by atoms with E-state index in [4.69, 9.17) is 5.11 Å². The van der Waals surface area contributed by atoms with E-state index in [1.165, 1.54) is 7.05 Å². The van der Waals surface area contributed by atoms with Gasteiger partial charge in [-0.1, -0.05) is 32.0 Å². The van der Waals surface area contributed by atoms with Gasteiger partial charge < -0.3 is 26.0 Å². The number of para-hydroxylation sites is 1. The molecule has 0 saturated carbocycles. The Hall–Kier alpha value is -3.03. The highest BCUT2D eigenvalue weighted by Gasteiger charge is 2.24. The topological polar surface area (TPSA) is 123 Å². The fourth-order valence-corrected chi connectivity index (χ4v) is 3.21. The number of aromatic nitrogens is 1. The molecule has 8 heteroatoms. The Labute approximate surface area is 164 Å². The minimum atomic E-state index is -1.19. The van der Waals surface area contributed by atoms with E-state index in [1.807, 2.05) is 24.3 Å². The summed E-state index contributed by atoms with van der Waals surface area (Å²) in [6.07, 6.45) is -0.0371. The van der Waals surface area contributed by atoms with Gasteiger partial charge in [0.05, 0.1) is 0 Å². The number of hydrogen-bond acceptors (Lipinski definition) is 3. The van der Waals surface area contributed by atoms with Crippen molar-refractivity contribution in [1.29, 1.82) is 0 Å². The summed E-state index contributed by atoms with van der Waals surface area (Å²) in [4.78, 5) is 38.5. The number of benzene rings is 1. The van der Waals surface area contributed by atoms with Crippen LogP contribution in [0.4, 0.5) is 4.79 Å². The molecule has 0 unspecified atom stereocenters. The first-order valence-corrected chi connectivity index (χ1v) is 9.38. The van der Waals surface area contributed by atoms with Crippen LogP contribution in [0.2, 0.25) is 0 Å². The third-order valence-electron chi connectivity index (χ3n) is 4.45. The lowest BCUT2D eigenvalue weighted by atomic mass is 9.97. The molecule has 0 saturated heterocycles. The number of carbonyl (C=O) groups is 3. The first kappa shape index (κ1) is 21.3. The van der Waals surface area contributed by atoms with Crippen LogP contribution in [0, 0.1) is 5.92 Å². The summed E-state index contributed by atoms with van der Waals surface area (Å²) in [7, 11) is 1.53. The maximum absolute atomic E-state index is 12.4. The lowest BCUT2D eigenvalue weighted by Gasteiger charge is -2.18. The molecule has 0 aliphatic rings. The van der Waals surface area contributed by atoms with Crippen LogP contribution < -0.4 is 16.0 Å². The molecule has 0 bridgehead atoms. The minimum absolute atomic E-state index is 0.00663. The molecule has 0 fully saturated rings. The SMILES string of the molecule is CNC(=O)[C@@H](Cc1c(CC(C)C)[nH]c2ccccc12)NC(=O)CCNC(=O)O. The summed E-state index contributed by atoms with van der Waals surface area (Å²) in [6.45, 7) is 4.25. The van der Waals surface area contributed by atoms with Crippen molar-refractivity contribution in [2.45, 2.75) is 39.2 Å². The monoisotopic (exact) mass is 388 g/mol. The number of carbonyl (C=O) groups excluding carboxylic acids is 2. The van der Waals surface area contributed by atoms with Crippen LogP contribution in [0.15, 0.2) is 24.3 Å². The fraction of sp³-hybridized carbons (Fsp3) is 0.450. The van der Waals surface area contributed by atoms with Crippen LogP contribution in [-0.4, -0.2) is 47.6 Å². The zero-order chi connectivity index (χ0) is 20.7. The summed E-state index contributed by atoms with van der Waals surface area (Å²) < 4.78 is 0. The summed E-state index contributed by atoms with van der Waals surface area (Å²) in [5, 5.41) is 17.1. The second-order valence-electron chi connectivity index (χ2n) is 7.15. The van der Waals surface area contributed by atoms with Crippen molar-refractivity contribution in [3.05, 3.63) is 35.5 Å². The van der Waals surface area contributed by atoms with Gasteiger partial charge in [0, 0.05) is 43.0 Å². The standard InChI is InChI=1S/C20H28N4O4/c1-12(2)10-16-14(13-6-4-5-7-15(13)23-16)11-17(19(26)21-3)24-18(25)8-9-22-20(27)28/h4-7,12,17,22-23H,8-11H2,1-3H3,(H,21,26)(H,24,25)(H,27,28)/t17-/m1/s1. The molecule has 8 nitrogen and oxygen atoms in total. The molecule has 0 radical (unpaired) electrons. The maximum atomic E-state index is 12.4. The van der Waals surface area contributed by atoms with Crippen LogP contribution >= 0.6 is 0 Å². The number of H-pyrrole nitrogens is 1. The molecule has 28 heavy (non-hydrogen) atoms. The minimum Gasteiger partial charge on any atom is -0.465 e. The van der Waals surface area contributed by atoms with Gasteiger partial charge in [-0.05, 0) is 24.0 Å². The molecular weight excluding hydrogens is 360 g/mol. The van der Waals surface area contributed by atoms with Crippen LogP contribution in [0.5, 0.6) is 0 Å². The zero-order valence-electron chi connectivity index (χ0n) is 16.5. The maximum Gasteiger partial charge on any atom is 0.404 e. The highest BCUT2D eigenvalue weighted by molar-refractivity contribution is 5.90. The van der Waals surface area contributed by atoms with Gasteiger partial charge in [-0.15, -0.1) is 0 Å². The summed E-state index contributed by atoms with van der Waals surface area (Å²) >= 11 is 0. The molecule has 1 heterocycles. The summed E-state index contributed by atoms with van der Waals surface area (Å²) in [5.74, 6) is -0.241. The van der Waals surface area contributed by atoms with E-state index >= 15 is 0 Å². The van der Waals surface area contributed by atoms with Gasteiger partial charge in [-0.3, -0.25) is 9.59 Å². The van der Waals surface area contributed by atoms with Crippen molar-refractivity contribution >= 4 is 28.8 Å². The molecular formula is C20H28N4O4. The molecule has 0 spiro atoms. The van der Waals surface area contributed by atoms with Crippen molar-refractivity contribution in [3.63, 3.8) is 0 Å². The summed E-state index contributed by atoms with van der Waals surface area (Å²) in [6, 6.07) is 7.16. The second kappa shape index (κ2) is 9.77. The van der Waals surface area contributed by atoms with E-state index in [0.717, 1.165) is 28.6 Å². The van der Waals surface area contributed by atoms with E-state index in [1.54, 1.807) is 0 Å². The van der Waals surface area contributed by atoms with Gasteiger partial charge in [0.1, 0.15) is 6.04 Å². The molecule has 2 rings (SSSR count). The van der Waals surface area contributed by atoms with E-state index in [0.29, 0.717) is 12.3 Å². The summed E-state index contributed by atoms with van der Waals surface area (Å²) in [5.41, 5.74) is 3.08. The van der Waals surface area contributed by atoms with Crippen molar-refractivity contribution in [1.82, 2.24) is 20.9 Å². The Kier molecular flexibility index (Phi) is 7.43. The third-order valence-corrected chi connectivity index (χ3v) is 4.45. The average Bonchev–Trinajstić information content (AvgIpc) is 2.96. The number of nitrogens with one attached hydrogen (secondary N) is 4. The largest absolute Gasteiger partial charge is 0.465 e. The highest BCUT2D eigenvalue weighted by atomic mass is 16.4. The highest BCUT2D eigenvalue weighted by Crippen LogP contribution is 2.25. The molecule has 152 valence electrons. The van der Waals surface area contributed by atoms with Crippen LogP contribution in [0.1, 0.15) is 31.5 Å². The first-order chi connectivity index (χ1) is 13.3. The molecule has 2 aromatic rings. The van der Waals surface area contributed by atoms with Gasteiger partial charge in [0.15, 0.2) is 0 Å². The lowest BCUT2D eigenvalue weighted by molar-refractivity contribution is -0.128. The van der Waals surface area contributed by atoms with E-state index in [-0.39, 0.29) is 24.8 Å². The zero-order valence-corrected chi connectivity index (χ0v) is 16.5. The van der Waals surface area contributed by atoms with Crippen LogP contribution in [0.25, 0.3) is 10.9 Å². The number of hydrogen-bond donors (Lipinski definition) is 5. The normalized spacial score (nSPS) is 12.0. The van der Waals surface area contributed by atoms with Crippen molar-refractivity contribution in [3.8, 4) is 0 Å². The molecule has 3 amide bonds. The number of carboxylic acid groups (broad SMARTS) is 1. The first-order valence-electron chi connectivity index (χ1n) is 9.38. The van der Waals surface area contributed by atoms with Gasteiger partial charge in [0.25, 0.3) is 0 Å².